The van der Waals surface area contributed by atoms with Crippen LogP contribution in [0.2, 0.25) is 0 Å². The molecule has 0 aromatic carbocycles. The summed E-state index contributed by atoms with van der Waals surface area (Å²) in [7, 11) is 1.34. The van der Waals surface area contributed by atoms with Gasteiger partial charge in [0.25, 0.3) is 0 Å². The van der Waals surface area contributed by atoms with Crippen molar-refractivity contribution in [2.24, 2.45) is 5.92 Å². The lowest BCUT2D eigenvalue weighted by Gasteiger charge is -2.30. The molecule has 0 radical (unpaired) electrons. The third-order valence-electron chi connectivity index (χ3n) is 3.83. The lowest BCUT2D eigenvalue weighted by molar-refractivity contribution is -0.148. The zero-order valence-electron chi connectivity index (χ0n) is 12.5. The molecule has 0 spiro atoms. The van der Waals surface area contributed by atoms with Gasteiger partial charge in [-0.15, -0.1) is 0 Å². The molecule has 1 aliphatic carbocycles. The molecular weight excluding hydrogens is 261 g/mol. The van der Waals surface area contributed by atoms with Gasteiger partial charge in [-0.2, -0.15) is 0 Å². The first kappa shape index (κ1) is 15.0. The molecule has 1 heterocycles. The van der Waals surface area contributed by atoms with Crippen LogP contribution in [0.25, 0.3) is 0 Å². The Morgan fingerprint density at radius 1 is 1.45 bits per heavy atom. The Balaban J connectivity index is 2.24. The lowest BCUT2D eigenvalue weighted by Crippen LogP contribution is -2.31. The largest absolute Gasteiger partial charge is 0.469 e. The third kappa shape index (κ3) is 3.02. The Kier molecular flexibility index (Phi) is 4.16. The van der Waals surface area contributed by atoms with E-state index in [1.54, 1.807) is 6.26 Å². The number of rotatable bonds is 2. The van der Waals surface area contributed by atoms with Crippen molar-refractivity contribution in [3.63, 3.8) is 0 Å². The van der Waals surface area contributed by atoms with E-state index in [0.29, 0.717) is 18.7 Å². The molecule has 1 aromatic heterocycles. The lowest BCUT2D eigenvalue weighted by atomic mass is 9.77. The summed E-state index contributed by atoms with van der Waals surface area (Å²) in [6.45, 7) is 6.04. The fraction of sp³-hybridized carbons (Fsp3) is 0.733. The van der Waals surface area contributed by atoms with Crippen LogP contribution >= 0.6 is 0 Å². The number of alkyl halides is 1. The molecule has 0 unspecified atom stereocenters. The van der Waals surface area contributed by atoms with E-state index in [0.717, 1.165) is 5.69 Å². The van der Waals surface area contributed by atoms with E-state index >= 15 is 0 Å². The summed E-state index contributed by atoms with van der Waals surface area (Å²) in [5, 5.41) is 0. The number of oxazole rings is 1. The smallest absolute Gasteiger partial charge is 0.309 e. The topological polar surface area (TPSA) is 52.3 Å². The van der Waals surface area contributed by atoms with Gasteiger partial charge < -0.3 is 9.15 Å². The van der Waals surface area contributed by atoms with Crippen molar-refractivity contribution in [2.75, 3.05) is 7.11 Å². The maximum absolute atomic E-state index is 13.6. The second-order valence-electron chi connectivity index (χ2n) is 6.47. The summed E-state index contributed by atoms with van der Waals surface area (Å²) < 4.78 is 23.9. The SMILES string of the molecule is COC(=O)[C@@H]1C[C@@H](F)CC[C@H]1c1coc(C(C)(C)C)n1. The molecule has 1 aliphatic rings. The predicted octanol–water partition coefficient (Wildman–Crippen LogP) is 3.37. The number of aromatic nitrogens is 1. The van der Waals surface area contributed by atoms with Crippen molar-refractivity contribution >= 4 is 5.97 Å². The van der Waals surface area contributed by atoms with E-state index in [-0.39, 0.29) is 23.7 Å². The molecule has 4 nitrogen and oxygen atoms in total. The highest BCUT2D eigenvalue weighted by Crippen LogP contribution is 2.40. The number of carbonyl (C=O) groups is 1. The minimum absolute atomic E-state index is 0.116. The van der Waals surface area contributed by atoms with Crippen molar-refractivity contribution in [1.29, 1.82) is 0 Å². The van der Waals surface area contributed by atoms with Crippen LogP contribution < -0.4 is 0 Å². The number of hydrogen-bond acceptors (Lipinski definition) is 4. The number of esters is 1. The minimum atomic E-state index is -0.940. The zero-order chi connectivity index (χ0) is 14.9. The molecule has 0 aliphatic heterocycles. The predicted molar refractivity (Wildman–Crippen MR) is 72.2 cm³/mol. The Bertz CT molecular complexity index is 478. The molecule has 1 aromatic rings. The number of ether oxygens (including phenoxy) is 1. The highest BCUT2D eigenvalue weighted by molar-refractivity contribution is 5.73. The van der Waals surface area contributed by atoms with Crippen molar-refractivity contribution in [3.8, 4) is 0 Å². The average Bonchev–Trinajstić information content (AvgIpc) is 2.87. The van der Waals surface area contributed by atoms with E-state index in [1.807, 2.05) is 20.8 Å². The molecule has 0 amide bonds. The van der Waals surface area contributed by atoms with Crippen molar-refractivity contribution in [2.45, 2.75) is 57.5 Å². The highest BCUT2D eigenvalue weighted by atomic mass is 19.1. The van der Waals surface area contributed by atoms with Gasteiger partial charge in [0.2, 0.25) is 0 Å². The van der Waals surface area contributed by atoms with Crippen LogP contribution in [-0.4, -0.2) is 24.2 Å². The summed E-state index contributed by atoms with van der Waals surface area (Å²) in [6.07, 6.45) is 1.91. The molecule has 5 heteroatoms. The molecule has 2 rings (SSSR count). The Morgan fingerprint density at radius 3 is 2.70 bits per heavy atom. The molecule has 0 N–H and O–H groups in total. The van der Waals surface area contributed by atoms with Gasteiger partial charge in [0.1, 0.15) is 12.4 Å². The summed E-state index contributed by atoms with van der Waals surface area (Å²) >= 11 is 0. The van der Waals surface area contributed by atoms with Gasteiger partial charge in [0, 0.05) is 11.3 Å². The first-order valence-corrected chi connectivity index (χ1v) is 7.00. The zero-order valence-corrected chi connectivity index (χ0v) is 12.5. The van der Waals surface area contributed by atoms with Gasteiger partial charge >= 0.3 is 5.97 Å². The van der Waals surface area contributed by atoms with Gasteiger partial charge in [0.05, 0.1) is 18.7 Å². The van der Waals surface area contributed by atoms with E-state index < -0.39 is 12.1 Å². The second kappa shape index (κ2) is 5.54. The summed E-state index contributed by atoms with van der Waals surface area (Å²) in [4.78, 5) is 16.4. The van der Waals surface area contributed by atoms with Gasteiger partial charge in [0.15, 0.2) is 5.89 Å². The Labute approximate surface area is 118 Å². The molecule has 3 atom stereocenters. The van der Waals surface area contributed by atoms with Gasteiger partial charge in [-0.3, -0.25) is 4.79 Å². The van der Waals surface area contributed by atoms with Crippen LogP contribution in [0.5, 0.6) is 0 Å². The van der Waals surface area contributed by atoms with Gasteiger partial charge in [-0.1, -0.05) is 20.8 Å². The van der Waals surface area contributed by atoms with E-state index in [4.69, 9.17) is 9.15 Å². The molecular formula is C15H22FNO3. The molecule has 20 heavy (non-hydrogen) atoms. The quantitative estimate of drug-likeness (QED) is 0.781. The van der Waals surface area contributed by atoms with Crippen LogP contribution in [-0.2, 0) is 14.9 Å². The molecule has 0 bridgehead atoms. The second-order valence-corrected chi connectivity index (χ2v) is 6.47. The molecule has 112 valence electrons. The summed E-state index contributed by atoms with van der Waals surface area (Å²) in [5.74, 6) is -0.313. The number of halogens is 1. The minimum Gasteiger partial charge on any atom is -0.469 e. The fourth-order valence-electron chi connectivity index (χ4n) is 2.69. The van der Waals surface area contributed by atoms with Crippen LogP contribution in [0, 0.1) is 5.92 Å². The number of nitrogens with zero attached hydrogens (tertiary/aromatic N) is 1. The van der Waals surface area contributed by atoms with Crippen molar-refractivity contribution < 1.29 is 18.3 Å². The summed E-state index contributed by atoms with van der Waals surface area (Å²) in [5.41, 5.74) is 0.549. The maximum atomic E-state index is 13.6. The van der Waals surface area contributed by atoms with Crippen LogP contribution in [0.4, 0.5) is 4.39 Å². The first-order valence-electron chi connectivity index (χ1n) is 7.00. The van der Waals surface area contributed by atoms with Gasteiger partial charge in [-0.05, 0) is 19.3 Å². The Hall–Kier alpha value is -1.39. The number of methoxy groups -OCH3 is 1. The van der Waals surface area contributed by atoms with E-state index in [2.05, 4.69) is 4.98 Å². The summed E-state index contributed by atoms with van der Waals surface area (Å²) in [6, 6.07) is 0. The fourth-order valence-corrected chi connectivity index (χ4v) is 2.69. The number of hydrogen-bond donors (Lipinski definition) is 0. The standard InChI is InChI=1S/C15H22FNO3/c1-15(2,3)14-17-12(8-20-14)10-6-5-9(16)7-11(10)13(18)19-4/h8-11H,5-7H2,1-4H3/t9-,10+,11+/m0/s1. The molecule has 1 fully saturated rings. The van der Waals surface area contributed by atoms with Crippen LogP contribution in [0.3, 0.4) is 0 Å². The monoisotopic (exact) mass is 283 g/mol. The van der Waals surface area contributed by atoms with E-state index in [9.17, 15) is 9.18 Å². The van der Waals surface area contributed by atoms with Crippen molar-refractivity contribution in [3.05, 3.63) is 17.8 Å². The molecule has 1 saturated carbocycles. The molecule has 0 saturated heterocycles. The third-order valence-corrected chi connectivity index (χ3v) is 3.83. The van der Waals surface area contributed by atoms with Crippen LogP contribution in [0.15, 0.2) is 10.7 Å². The average molecular weight is 283 g/mol. The highest BCUT2D eigenvalue weighted by Gasteiger charge is 2.39. The normalized spacial score (nSPS) is 27.4. The van der Waals surface area contributed by atoms with E-state index in [1.165, 1.54) is 7.11 Å². The Morgan fingerprint density at radius 2 is 2.15 bits per heavy atom. The number of carbonyl (C=O) groups excluding carboxylic acids is 1. The van der Waals surface area contributed by atoms with Crippen molar-refractivity contribution in [1.82, 2.24) is 4.98 Å². The van der Waals surface area contributed by atoms with Crippen LogP contribution in [0.1, 0.15) is 57.5 Å². The maximum Gasteiger partial charge on any atom is 0.309 e. The van der Waals surface area contributed by atoms with Gasteiger partial charge in [-0.25, -0.2) is 9.37 Å². The first-order chi connectivity index (χ1) is 9.32.